The van der Waals surface area contributed by atoms with Crippen molar-refractivity contribution in [1.82, 2.24) is 4.98 Å². The fraction of sp³-hybridized carbons (Fsp3) is 0.400. The molecule has 0 radical (unpaired) electrons. The summed E-state index contributed by atoms with van der Waals surface area (Å²) in [6, 6.07) is 5.59. The third-order valence-electron chi connectivity index (χ3n) is 3.92. The van der Waals surface area contributed by atoms with Gasteiger partial charge in [0.25, 0.3) is 0 Å². The van der Waals surface area contributed by atoms with Crippen LogP contribution in [0, 0.1) is 16.0 Å². The van der Waals surface area contributed by atoms with E-state index in [1.807, 2.05) is 18.2 Å². The van der Waals surface area contributed by atoms with E-state index in [0.29, 0.717) is 18.2 Å². The van der Waals surface area contributed by atoms with Crippen LogP contribution in [0.4, 0.5) is 11.4 Å². The quantitative estimate of drug-likeness (QED) is 0.659. The maximum absolute atomic E-state index is 11.3. The molecule has 1 aliphatic rings. The van der Waals surface area contributed by atoms with E-state index >= 15 is 0 Å². The lowest BCUT2D eigenvalue weighted by atomic mass is 10.00. The molecule has 1 aliphatic heterocycles. The number of ether oxygens (including phenoxy) is 1. The molecule has 3 rings (SSSR count). The monoisotopic (exact) mass is 365 g/mol. The van der Waals surface area contributed by atoms with Crippen molar-refractivity contribution in [3.63, 3.8) is 0 Å². The Bertz CT molecular complexity index is 702. The number of hydrogen-bond donors (Lipinski definition) is 1. The number of aromatic nitrogens is 1. The number of benzene rings is 1. The van der Waals surface area contributed by atoms with E-state index in [2.05, 4.69) is 26.2 Å². The smallest absolute Gasteiger partial charge is 0.311 e. The van der Waals surface area contributed by atoms with E-state index in [4.69, 9.17) is 4.74 Å². The van der Waals surface area contributed by atoms with E-state index in [1.54, 1.807) is 0 Å². The lowest BCUT2D eigenvalue weighted by Crippen LogP contribution is -2.23. The van der Waals surface area contributed by atoms with Gasteiger partial charge in [-0.1, -0.05) is 15.9 Å². The lowest BCUT2D eigenvalue weighted by Gasteiger charge is -2.23. The van der Waals surface area contributed by atoms with Gasteiger partial charge in [0.1, 0.15) is 11.9 Å². The van der Waals surface area contributed by atoms with Crippen molar-refractivity contribution < 1.29 is 9.66 Å². The molecule has 1 N–H and O–H groups in total. The molecule has 0 spiro atoms. The summed E-state index contributed by atoms with van der Waals surface area (Å²) in [5, 5.41) is 15.3. The van der Waals surface area contributed by atoms with Crippen LogP contribution in [0.2, 0.25) is 0 Å². The van der Waals surface area contributed by atoms with Crippen molar-refractivity contribution >= 4 is 38.2 Å². The van der Waals surface area contributed by atoms with Crippen LogP contribution in [0.3, 0.4) is 0 Å². The SMILES string of the molecule is O=[N+]([O-])c1cnc2ccc(Br)cc2c1NCC1CCOCC1. The molecular weight excluding hydrogens is 350 g/mol. The molecule has 7 heteroatoms. The van der Waals surface area contributed by atoms with Gasteiger partial charge in [-0.3, -0.25) is 10.1 Å². The van der Waals surface area contributed by atoms with Crippen LogP contribution >= 0.6 is 15.9 Å². The highest BCUT2D eigenvalue weighted by molar-refractivity contribution is 9.10. The molecule has 116 valence electrons. The first-order chi connectivity index (χ1) is 10.6. The molecule has 1 saturated heterocycles. The first-order valence-electron chi connectivity index (χ1n) is 7.19. The minimum absolute atomic E-state index is 0.0117. The van der Waals surface area contributed by atoms with Gasteiger partial charge in [-0.25, -0.2) is 4.98 Å². The van der Waals surface area contributed by atoms with Crippen LogP contribution < -0.4 is 5.32 Å². The van der Waals surface area contributed by atoms with Gasteiger partial charge in [0.05, 0.1) is 10.4 Å². The molecule has 1 fully saturated rings. The molecule has 0 atom stereocenters. The molecule has 0 amide bonds. The maximum atomic E-state index is 11.3. The van der Waals surface area contributed by atoms with E-state index in [1.165, 1.54) is 6.20 Å². The first-order valence-corrected chi connectivity index (χ1v) is 7.98. The number of nitro groups is 1. The normalized spacial score (nSPS) is 15.9. The second kappa shape index (κ2) is 6.58. The predicted molar refractivity (Wildman–Crippen MR) is 88.1 cm³/mol. The van der Waals surface area contributed by atoms with Crippen molar-refractivity contribution in [3.05, 3.63) is 39.0 Å². The Morgan fingerprint density at radius 2 is 2.18 bits per heavy atom. The van der Waals surface area contributed by atoms with Crippen molar-refractivity contribution in [2.45, 2.75) is 12.8 Å². The average Bonchev–Trinajstić information content (AvgIpc) is 2.53. The number of hydrogen-bond acceptors (Lipinski definition) is 5. The fourth-order valence-electron chi connectivity index (χ4n) is 2.68. The van der Waals surface area contributed by atoms with Crippen molar-refractivity contribution in [3.8, 4) is 0 Å². The molecule has 2 heterocycles. The van der Waals surface area contributed by atoms with E-state index in [0.717, 1.165) is 41.4 Å². The Hall–Kier alpha value is -1.73. The number of nitrogens with zero attached hydrogens (tertiary/aromatic N) is 2. The van der Waals surface area contributed by atoms with Gasteiger partial charge in [-0.15, -0.1) is 0 Å². The molecular formula is C15H16BrN3O3. The third kappa shape index (κ3) is 3.20. The molecule has 1 aromatic carbocycles. The van der Waals surface area contributed by atoms with Gasteiger partial charge in [0.2, 0.25) is 0 Å². The summed E-state index contributed by atoms with van der Waals surface area (Å²) < 4.78 is 6.22. The van der Waals surface area contributed by atoms with Gasteiger partial charge in [-0.05, 0) is 37.0 Å². The highest BCUT2D eigenvalue weighted by atomic mass is 79.9. The van der Waals surface area contributed by atoms with Crippen molar-refractivity contribution in [2.75, 3.05) is 25.1 Å². The zero-order valence-corrected chi connectivity index (χ0v) is 13.5. The van der Waals surface area contributed by atoms with Gasteiger partial charge in [-0.2, -0.15) is 0 Å². The van der Waals surface area contributed by atoms with Crippen LogP contribution in [-0.2, 0) is 4.74 Å². The molecule has 0 aliphatic carbocycles. The summed E-state index contributed by atoms with van der Waals surface area (Å²) in [5.41, 5.74) is 1.30. The maximum Gasteiger partial charge on any atom is 0.311 e. The Balaban J connectivity index is 1.94. The highest BCUT2D eigenvalue weighted by Crippen LogP contribution is 2.33. The number of halogens is 1. The van der Waals surface area contributed by atoms with Gasteiger partial charge < -0.3 is 10.1 Å². The molecule has 22 heavy (non-hydrogen) atoms. The lowest BCUT2D eigenvalue weighted by molar-refractivity contribution is -0.384. The summed E-state index contributed by atoms with van der Waals surface area (Å²) in [6.45, 7) is 2.23. The minimum Gasteiger partial charge on any atom is -0.381 e. The van der Waals surface area contributed by atoms with Crippen LogP contribution in [0.5, 0.6) is 0 Å². The summed E-state index contributed by atoms with van der Waals surface area (Å²) in [6.07, 6.45) is 3.28. The second-order valence-corrected chi connectivity index (χ2v) is 6.29. The van der Waals surface area contributed by atoms with Crippen molar-refractivity contribution in [1.29, 1.82) is 0 Å². The zero-order valence-electron chi connectivity index (χ0n) is 11.9. The number of fused-ring (bicyclic) bond motifs is 1. The molecule has 0 bridgehead atoms. The molecule has 6 nitrogen and oxygen atoms in total. The van der Waals surface area contributed by atoms with E-state index < -0.39 is 0 Å². The second-order valence-electron chi connectivity index (χ2n) is 5.37. The Morgan fingerprint density at radius 3 is 2.91 bits per heavy atom. The summed E-state index contributed by atoms with van der Waals surface area (Å²) in [4.78, 5) is 15.1. The first kappa shape index (κ1) is 15.2. The summed E-state index contributed by atoms with van der Waals surface area (Å²) in [5.74, 6) is 0.476. The number of pyridine rings is 1. The average molecular weight is 366 g/mol. The minimum atomic E-state index is -0.389. The molecule has 1 aromatic heterocycles. The predicted octanol–water partition coefficient (Wildman–Crippen LogP) is 3.74. The standard InChI is InChI=1S/C15H16BrN3O3/c16-11-1-2-13-12(7-11)15(14(9-17-13)19(20)21)18-8-10-3-5-22-6-4-10/h1-2,7,9-10H,3-6,8H2,(H,17,18). The van der Waals surface area contributed by atoms with Crippen LogP contribution in [-0.4, -0.2) is 29.7 Å². The third-order valence-corrected chi connectivity index (χ3v) is 4.41. The summed E-state index contributed by atoms with van der Waals surface area (Å²) in [7, 11) is 0. The van der Waals surface area contributed by atoms with Gasteiger partial charge in [0.15, 0.2) is 0 Å². The fourth-order valence-corrected chi connectivity index (χ4v) is 3.04. The van der Waals surface area contributed by atoms with E-state index in [9.17, 15) is 10.1 Å². The topological polar surface area (TPSA) is 77.3 Å². The highest BCUT2D eigenvalue weighted by Gasteiger charge is 2.20. The van der Waals surface area contributed by atoms with Gasteiger partial charge >= 0.3 is 5.69 Å². The summed E-state index contributed by atoms with van der Waals surface area (Å²) >= 11 is 3.41. The molecule has 2 aromatic rings. The molecule has 0 unspecified atom stereocenters. The number of nitrogens with one attached hydrogen (secondary N) is 1. The zero-order chi connectivity index (χ0) is 15.5. The molecule has 0 saturated carbocycles. The largest absolute Gasteiger partial charge is 0.381 e. The number of rotatable bonds is 4. The van der Waals surface area contributed by atoms with Crippen molar-refractivity contribution in [2.24, 2.45) is 5.92 Å². The Labute approximate surface area is 136 Å². The Morgan fingerprint density at radius 1 is 1.41 bits per heavy atom. The van der Waals surface area contributed by atoms with E-state index in [-0.39, 0.29) is 10.6 Å². The van der Waals surface area contributed by atoms with Gasteiger partial charge in [0, 0.05) is 29.6 Å². The van der Waals surface area contributed by atoms with Crippen LogP contribution in [0.1, 0.15) is 12.8 Å². The van der Waals surface area contributed by atoms with Crippen LogP contribution in [0.25, 0.3) is 10.9 Å². The van der Waals surface area contributed by atoms with Crippen LogP contribution in [0.15, 0.2) is 28.9 Å². The Kier molecular flexibility index (Phi) is 4.54. The number of anilines is 1.